The molecule has 2 aromatic rings. The molecule has 0 saturated heterocycles. The van der Waals surface area contributed by atoms with Gasteiger partial charge in [0.1, 0.15) is 0 Å². The lowest BCUT2D eigenvalue weighted by Gasteiger charge is -2.20. The van der Waals surface area contributed by atoms with Crippen molar-refractivity contribution in [1.29, 1.82) is 0 Å². The third-order valence-corrected chi connectivity index (χ3v) is 5.93. The van der Waals surface area contributed by atoms with Crippen molar-refractivity contribution in [3.63, 3.8) is 0 Å². The van der Waals surface area contributed by atoms with E-state index in [9.17, 15) is 4.79 Å². The molecule has 2 rings (SSSR count). The minimum absolute atomic E-state index is 0.104. The Morgan fingerprint density at radius 3 is 2.29 bits per heavy atom. The van der Waals surface area contributed by atoms with Crippen LogP contribution in [-0.4, -0.2) is 26.8 Å². The van der Waals surface area contributed by atoms with Crippen LogP contribution in [0.4, 0.5) is 0 Å². The molecule has 0 aliphatic carbocycles. The zero-order valence-electron chi connectivity index (χ0n) is 13.9. The number of hydrogen-bond donors (Lipinski definition) is 0. The van der Waals surface area contributed by atoms with Gasteiger partial charge >= 0.3 is 0 Å². The van der Waals surface area contributed by atoms with Gasteiger partial charge in [-0.05, 0) is 37.5 Å². The molecule has 0 spiro atoms. The summed E-state index contributed by atoms with van der Waals surface area (Å²) in [5.41, 5.74) is 2.31. The van der Waals surface area contributed by atoms with E-state index in [-0.39, 0.29) is 5.97 Å². The van der Waals surface area contributed by atoms with E-state index in [4.69, 9.17) is 4.43 Å². The number of para-hydroxylation sites is 1. The lowest BCUT2D eigenvalue weighted by atomic mass is 10.1. The molecule has 114 valence electrons. The first kappa shape index (κ1) is 16.0. The van der Waals surface area contributed by atoms with Crippen LogP contribution in [0.5, 0.6) is 0 Å². The zero-order chi connectivity index (χ0) is 15.8. The minimum atomic E-state index is -1.82. The van der Waals surface area contributed by atoms with Crippen LogP contribution in [0.1, 0.15) is 5.56 Å². The fourth-order valence-corrected chi connectivity index (χ4v) is 4.70. The molecule has 0 fully saturated rings. The first-order valence-electron chi connectivity index (χ1n) is 7.39. The number of nitrogens with zero attached hydrogens (tertiary/aromatic N) is 1. The fraction of sp³-hybridized carbons (Fsp3) is 0.438. The normalized spacial score (nSPS) is 12.7. The van der Waals surface area contributed by atoms with Crippen LogP contribution in [0, 0.1) is 0 Å². The van der Waals surface area contributed by atoms with Gasteiger partial charge in [0, 0.05) is 10.9 Å². The molecule has 5 heteroatoms. The molecular formula is C16H25NO2Si2. The van der Waals surface area contributed by atoms with E-state index in [2.05, 4.69) is 48.3 Å². The predicted octanol–water partition coefficient (Wildman–Crippen LogP) is 4.24. The van der Waals surface area contributed by atoms with E-state index in [1.807, 2.05) is 25.7 Å². The van der Waals surface area contributed by atoms with Gasteiger partial charge in [0.25, 0.3) is 5.97 Å². The Kier molecular flexibility index (Phi) is 4.17. The third-order valence-electron chi connectivity index (χ3n) is 3.27. The van der Waals surface area contributed by atoms with Gasteiger partial charge in [-0.2, -0.15) is 0 Å². The molecule has 1 heterocycles. The van der Waals surface area contributed by atoms with Crippen LogP contribution in [-0.2, 0) is 15.6 Å². The second-order valence-corrected chi connectivity index (χ2v) is 16.7. The Morgan fingerprint density at radius 1 is 1.10 bits per heavy atom. The summed E-state index contributed by atoms with van der Waals surface area (Å²) < 4.78 is 7.96. The van der Waals surface area contributed by atoms with Crippen molar-refractivity contribution in [3.05, 3.63) is 36.0 Å². The standard InChI is InChI=1S/C16H25NO2Si2/c1-20(2,3)17-12-13(11-16(18)19-21(4,5)6)14-9-7-8-10-15(14)17/h7-10,12H,11H2,1-6H3. The van der Waals surface area contributed by atoms with Gasteiger partial charge < -0.3 is 8.66 Å². The van der Waals surface area contributed by atoms with Crippen LogP contribution < -0.4 is 0 Å². The Morgan fingerprint density at radius 2 is 1.71 bits per heavy atom. The number of aromatic nitrogens is 1. The molecule has 0 atom stereocenters. The molecule has 1 aromatic carbocycles. The Labute approximate surface area is 129 Å². The highest BCUT2D eigenvalue weighted by Crippen LogP contribution is 2.25. The smallest absolute Gasteiger partial charge is 0.297 e. The largest absolute Gasteiger partial charge is 0.520 e. The summed E-state index contributed by atoms with van der Waals surface area (Å²) >= 11 is 0. The topological polar surface area (TPSA) is 31.2 Å². The second-order valence-electron chi connectivity index (χ2n) is 7.48. The van der Waals surface area contributed by atoms with E-state index in [1.165, 1.54) is 10.9 Å². The molecule has 0 saturated carbocycles. The summed E-state index contributed by atoms with van der Waals surface area (Å²) in [5.74, 6) is -0.104. The molecule has 0 unspecified atom stereocenters. The van der Waals surface area contributed by atoms with Crippen LogP contribution in [0.25, 0.3) is 10.9 Å². The Bertz CT molecular complexity index is 663. The fourth-order valence-electron chi connectivity index (χ4n) is 2.48. The highest BCUT2D eigenvalue weighted by Gasteiger charge is 2.24. The molecule has 0 radical (unpaired) electrons. The molecular weight excluding hydrogens is 294 g/mol. The van der Waals surface area contributed by atoms with Crippen LogP contribution in [0.15, 0.2) is 30.5 Å². The highest BCUT2D eigenvalue weighted by atomic mass is 28.4. The first-order valence-corrected chi connectivity index (χ1v) is 14.2. The maximum Gasteiger partial charge on any atom is 0.297 e. The van der Waals surface area contributed by atoms with Crippen molar-refractivity contribution in [2.24, 2.45) is 0 Å². The van der Waals surface area contributed by atoms with Gasteiger partial charge in [-0.15, -0.1) is 0 Å². The summed E-state index contributed by atoms with van der Waals surface area (Å²) in [7, 11) is -3.32. The van der Waals surface area contributed by atoms with Crippen molar-refractivity contribution in [2.45, 2.75) is 45.7 Å². The van der Waals surface area contributed by atoms with Crippen LogP contribution in [0.2, 0.25) is 39.3 Å². The zero-order valence-corrected chi connectivity index (χ0v) is 15.9. The molecule has 0 amide bonds. The molecule has 0 N–H and O–H groups in total. The second kappa shape index (κ2) is 5.46. The van der Waals surface area contributed by atoms with Gasteiger partial charge in [-0.25, -0.2) is 0 Å². The summed E-state index contributed by atoms with van der Waals surface area (Å²) in [6.45, 7) is 13.0. The lowest BCUT2D eigenvalue weighted by molar-refractivity contribution is -0.134. The summed E-state index contributed by atoms with van der Waals surface area (Å²) in [6.07, 6.45) is 2.52. The monoisotopic (exact) mass is 319 g/mol. The van der Waals surface area contributed by atoms with Crippen LogP contribution in [0.3, 0.4) is 0 Å². The van der Waals surface area contributed by atoms with Crippen molar-refractivity contribution in [2.75, 3.05) is 0 Å². The van der Waals surface area contributed by atoms with E-state index in [0.29, 0.717) is 6.42 Å². The average Bonchev–Trinajstić information content (AvgIpc) is 2.66. The Hall–Kier alpha value is -1.34. The van der Waals surface area contributed by atoms with Crippen molar-refractivity contribution in [1.82, 2.24) is 4.23 Å². The quantitative estimate of drug-likeness (QED) is 0.789. The van der Waals surface area contributed by atoms with Gasteiger partial charge in [-0.1, -0.05) is 37.8 Å². The molecule has 3 nitrogen and oxygen atoms in total. The molecule has 0 aliphatic heterocycles. The number of carbonyl (C=O) groups is 1. The van der Waals surface area contributed by atoms with Crippen molar-refractivity contribution in [3.8, 4) is 0 Å². The maximum absolute atomic E-state index is 12.1. The summed E-state index contributed by atoms with van der Waals surface area (Å²) in [4.78, 5) is 12.1. The van der Waals surface area contributed by atoms with Gasteiger partial charge in [0.05, 0.1) is 6.42 Å². The van der Waals surface area contributed by atoms with E-state index >= 15 is 0 Å². The third kappa shape index (κ3) is 3.86. The number of hydrogen-bond acceptors (Lipinski definition) is 2. The summed E-state index contributed by atoms with van der Waals surface area (Å²) in [6, 6.07) is 8.33. The van der Waals surface area contributed by atoms with Crippen molar-refractivity contribution >= 4 is 33.4 Å². The number of carbonyl (C=O) groups excluding carboxylic acids is 1. The molecule has 0 aliphatic rings. The maximum atomic E-state index is 12.1. The Balaban J connectivity index is 2.39. The van der Waals surface area contributed by atoms with Crippen molar-refractivity contribution < 1.29 is 9.22 Å². The predicted molar refractivity (Wildman–Crippen MR) is 93.8 cm³/mol. The average molecular weight is 320 g/mol. The number of benzene rings is 1. The number of rotatable bonds is 4. The molecule has 1 aromatic heterocycles. The molecule has 0 bridgehead atoms. The van der Waals surface area contributed by atoms with E-state index in [0.717, 1.165) is 5.56 Å². The first-order chi connectivity index (χ1) is 9.58. The van der Waals surface area contributed by atoms with E-state index in [1.54, 1.807) is 0 Å². The van der Waals surface area contributed by atoms with Gasteiger partial charge in [0.15, 0.2) is 8.24 Å². The highest BCUT2D eigenvalue weighted by molar-refractivity contribution is 6.75. The number of fused-ring (bicyclic) bond motifs is 1. The van der Waals surface area contributed by atoms with Gasteiger partial charge in [-0.3, -0.25) is 4.79 Å². The molecule has 21 heavy (non-hydrogen) atoms. The SMILES string of the molecule is C[Si](C)(C)OC(=O)Cc1cn([Si](C)(C)C)c2ccccc12. The van der Waals surface area contributed by atoms with Gasteiger partial charge in [0.2, 0.25) is 8.32 Å². The van der Waals surface area contributed by atoms with E-state index < -0.39 is 16.6 Å². The minimum Gasteiger partial charge on any atom is -0.520 e. The lowest BCUT2D eigenvalue weighted by Crippen LogP contribution is -2.31. The summed E-state index contributed by atoms with van der Waals surface area (Å²) in [5, 5.41) is 1.17. The van der Waals surface area contributed by atoms with Crippen LogP contribution >= 0.6 is 0 Å².